The van der Waals surface area contributed by atoms with Crippen molar-refractivity contribution in [3.05, 3.63) is 52.3 Å². The third-order valence-corrected chi connectivity index (χ3v) is 3.83. The molecule has 3 heteroatoms. The van der Waals surface area contributed by atoms with Gasteiger partial charge in [0.25, 0.3) is 0 Å². The summed E-state index contributed by atoms with van der Waals surface area (Å²) in [6, 6.07) is 6.67. The van der Waals surface area contributed by atoms with Gasteiger partial charge in [0.05, 0.1) is 12.2 Å². The second-order valence-corrected chi connectivity index (χ2v) is 4.82. The molecule has 0 amide bonds. The minimum Gasteiger partial charge on any atom is -0.309 e. The number of hydrogen-bond acceptors (Lipinski definition) is 2. The molecule has 1 heterocycles. The molecule has 0 radical (unpaired) electrons. The summed E-state index contributed by atoms with van der Waals surface area (Å²) in [5.74, 6) is 0. The molecule has 0 aliphatic rings. The van der Waals surface area contributed by atoms with Crippen molar-refractivity contribution < 1.29 is 0 Å². The predicted octanol–water partition coefficient (Wildman–Crippen LogP) is 2.65. The zero-order valence-corrected chi connectivity index (χ0v) is 11.8. The summed E-state index contributed by atoms with van der Waals surface area (Å²) < 4.78 is 1.92. The van der Waals surface area contributed by atoms with Gasteiger partial charge in [-0.1, -0.05) is 18.2 Å². The summed E-state index contributed by atoms with van der Waals surface area (Å²) in [5.41, 5.74) is 6.45. The van der Waals surface area contributed by atoms with Gasteiger partial charge in [-0.15, -0.1) is 0 Å². The van der Waals surface area contributed by atoms with E-state index in [1.54, 1.807) is 0 Å². The maximum atomic E-state index is 4.34. The summed E-state index contributed by atoms with van der Waals surface area (Å²) in [4.78, 5) is 0. The van der Waals surface area contributed by atoms with Crippen LogP contribution >= 0.6 is 0 Å². The van der Waals surface area contributed by atoms with Gasteiger partial charge in [0.1, 0.15) is 0 Å². The van der Waals surface area contributed by atoms with Crippen LogP contribution in [0.1, 0.15) is 34.0 Å². The van der Waals surface area contributed by atoms with Gasteiger partial charge in [0.15, 0.2) is 0 Å². The molecular formula is C15H21N3. The number of aryl methyl sites for hydroxylation is 2. The van der Waals surface area contributed by atoms with E-state index in [4.69, 9.17) is 0 Å². The lowest BCUT2D eigenvalue weighted by molar-refractivity contribution is 0.675. The number of nitrogens with one attached hydrogen (secondary N) is 1. The van der Waals surface area contributed by atoms with Crippen LogP contribution in [0.15, 0.2) is 24.4 Å². The van der Waals surface area contributed by atoms with Crippen molar-refractivity contribution in [1.29, 1.82) is 0 Å². The van der Waals surface area contributed by atoms with Crippen molar-refractivity contribution in [2.45, 2.75) is 26.8 Å². The SMILES string of the molecule is CNC(c1cccc(C)c1C)c1cnn(C)c1C. The molecule has 0 saturated heterocycles. The first-order valence-electron chi connectivity index (χ1n) is 6.28. The molecule has 1 aromatic heterocycles. The molecule has 1 unspecified atom stereocenters. The monoisotopic (exact) mass is 243 g/mol. The summed E-state index contributed by atoms with van der Waals surface area (Å²) >= 11 is 0. The van der Waals surface area contributed by atoms with E-state index in [-0.39, 0.29) is 6.04 Å². The second-order valence-electron chi connectivity index (χ2n) is 4.82. The predicted molar refractivity (Wildman–Crippen MR) is 74.8 cm³/mol. The van der Waals surface area contributed by atoms with Crippen LogP contribution in [0.5, 0.6) is 0 Å². The lowest BCUT2D eigenvalue weighted by Crippen LogP contribution is -2.19. The summed E-state index contributed by atoms with van der Waals surface area (Å²) in [5, 5.41) is 7.74. The Hall–Kier alpha value is -1.61. The Morgan fingerprint density at radius 1 is 1.17 bits per heavy atom. The van der Waals surface area contributed by atoms with E-state index < -0.39 is 0 Å². The number of benzene rings is 1. The van der Waals surface area contributed by atoms with Crippen molar-refractivity contribution in [3.8, 4) is 0 Å². The summed E-state index contributed by atoms with van der Waals surface area (Å²) in [7, 11) is 3.98. The van der Waals surface area contributed by atoms with Crippen molar-refractivity contribution >= 4 is 0 Å². The Bertz CT molecular complexity index is 555. The van der Waals surface area contributed by atoms with E-state index in [0.29, 0.717) is 0 Å². The Labute approximate surface area is 109 Å². The fourth-order valence-corrected chi connectivity index (χ4v) is 2.36. The standard InChI is InChI=1S/C15H21N3/c1-10-7-6-8-13(11(10)2)15(16-4)14-9-17-18(5)12(14)3/h6-9,15-16H,1-5H3. The molecule has 0 aliphatic carbocycles. The lowest BCUT2D eigenvalue weighted by Gasteiger charge is -2.20. The molecule has 18 heavy (non-hydrogen) atoms. The number of rotatable bonds is 3. The van der Waals surface area contributed by atoms with E-state index >= 15 is 0 Å². The maximum Gasteiger partial charge on any atom is 0.0610 e. The number of aromatic nitrogens is 2. The van der Waals surface area contributed by atoms with Gasteiger partial charge in [0, 0.05) is 18.3 Å². The molecule has 2 aromatic rings. The minimum absolute atomic E-state index is 0.207. The molecule has 96 valence electrons. The molecule has 0 saturated carbocycles. The highest BCUT2D eigenvalue weighted by atomic mass is 15.3. The average molecular weight is 243 g/mol. The van der Waals surface area contributed by atoms with Crippen LogP contribution in [0.25, 0.3) is 0 Å². The molecule has 1 N–H and O–H groups in total. The second kappa shape index (κ2) is 4.94. The zero-order valence-electron chi connectivity index (χ0n) is 11.8. The highest BCUT2D eigenvalue weighted by Crippen LogP contribution is 2.27. The van der Waals surface area contributed by atoms with Crippen LogP contribution in [0.4, 0.5) is 0 Å². The molecular weight excluding hydrogens is 222 g/mol. The van der Waals surface area contributed by atoms with Crippen molar-refractivity contribution in [1.82, 2.24) is 15.1 Å². The lowest BCUT2D eigenvalue weighted by atomic mass is 9.93. The molecule has 0 fully saturated rings. The first kappa shape index (κ1) is 12.8. The van der Waals surface area contributed by atoms with Gasteiger partial charge < -0.3 is 5.32 Å². The van der Waals surface area contributed by atoms with E-state index in [2.05, 4.69) is 49.4 Å². The van der Waals surface area contributed by atoms with Crippen LogP contribution in [0, 0.1) is 20.8 Å². The Morgan fingerprint density at radius 2 is 1.89 bits per heavy atom. The normalized spacial score (nSPS) is 12.7. The molecule has 3 nitrogen and oxygen atoms in total. The molecule has 2 rings (SSSR count). The van der Waals surface area contributed by atoms with Crippen LogP contribution in [0.3, 0.4) is 0 Å². The summed E-state index contributed by atoms with van der Waals surface area (Å²) in [6.45, 7) is 6.44. The molecule has 0 spiro atoms. The van der Waals surface area contributed by atoms with Crippen LogP contribution in [-0.2, 0) is 7.05 Å². The smallest absolute Gasteiger partial charge is 0.0610 e. The fourth-order valence-electron chi connectivity index (χ4n) is 2.36. The highest BCUT2D eigenvalue weighted by molar-refractivity contribution is 5.41. The zero-order chi connectivity index (χ0) is 13.3. The Balaban J connectivity index is 2.52. The third-order valence-electron chi connectivity index (χ3n) is 3.83. The Kier molecular flexibility index (Phi) is 3.53. The van der Waals surface area contributed by atoms with Gasteiger partial charge in [-0.3, -0.25) is 4.68 Å². The Morgan fingerprint density at radius 3 is 2.44 bits per heavy atom. The molecule has 1 aromatic carbocycles. The quantitative estimate of drug-likeness (QED) is 0.898. The fraction of sp³-hybridized carbons (Fsp3) is 0.400. The van der Waals surface area contributed by atoms with E-state index in [9.17, 15) is 0 Å². The largest absolute Gasteiger partial charge is 0.309 e. The van der Waals surface area contributed by atoms with Gasteiger partial charge >= 0.3 is 0 Å². The van der Waals surface area contributed by atoms with Gasteiger partial charge in [-0.25, -0.2) is 0 Å². The average Bonchev–Trinajstić information content (AvgIpc) is 2.68. The molecule has 0 bridgehead atoms. The highest BCUT2D eigenvalue weighted by Gasteiger charge is 2.18. The van der Waals surface area contributed by atoms with Crippen molar-refractivity contribution in [3.63, 3.8) is 0 Å². The molecule has 1 atom stereocenters. The first-order valence-corrected chi connectivity index (χ1v) is 6.28. The van der Waals surface area contributed by atoms with E-state index in [1.807, 2.05) is 25.0 Å². The van der Waals surface area contributed by atoms with Crippen LogP contribution in [-0.4, -0.2) is 16.8 Å². The number of nitrogens with zero attached hydrogens (tertiary/aromatic N) is 2. The van der Waals surface area contributed by atoms with Gasteiger partial charge in [-0.05, 0) is 44.5 Å². The van der Waals surface area contributed by atoms with Crippen LogP contribution in [0.2, 0.25) is 0 Å². The molecule has 0 aliphatic heterocycles. The minimum atomic E-state index is 0.207. The summed E-state index contributed by atoms with van der Waals surface area (Å²) in [6.07, 6.45) is 1.96. The van der Waals surface area contributed by atoms with E-state index in [0.717, 1.165) is 0 Å². The first-order chi connectivity index (χ1) is 8.56. The van der Waals surface area contributed by atoms with Gasteiger partial charge in [0.2, 0.25) is 0 Å². The maximum absolute atomic E-state index is 4.34. The number of hydrogen-bond donors (Lipinski definition) is 1. The van der Waals surface area contributed by atoms with Gasteiger partial charge in [-0.2, -0.15) is 5.10 Å². The third kappa shape index (κ3) is 2.06. The van der Waals surface area contributed by atoms with Crippen molar-refractivity contribution in [2.75, 3.05) is 7.05 Å². The van der Waals surface area contributed by atoms with Crippen LogP contribution < -0.4 is 5.32 Å². The van der Waals surface area contributed by atoms with Crippen molar-refractivity contribution in [2.24, 2.45) is 7.05 Å². The topological polar surface area (TPSA) is 29.9 Å². The van der Waals surface area contributed by atoms with E-state index in [1.165, 1.54) is 27.9 Å².